The van der Waals surface area contributed by atoms with Gasteiger partial charge >= 0.3 is 5.97 Å². The lowest BCUT2D eigenvalue weighted by Crippen LogP contribution is -2.00. The summed E-state index contributed by atoms with van der Waals surface area (Å²) < 4.78 is 4.42. The smallest absolute Gasteiger partial charge is 0.354 e. The van der Waals surface area contributed by atoms with Crippen molar-refractivity contribution in [2.24, 2.45) is 0 Å². The Balaban J connectivity index is 2.85. The van der Waals surface area contributed by atoms with Gasteiger partial charge in [-0.05, 0) is 12.1 Å². The minimum absolute atomic E-state index is 0.368. The van der Waals surface area contributed by atoms with Gasteiger partial charge in [0.1, 0.15) is 10.8 Å². The summed E-state index contributed by atoms with van der Waals surface area (Å²) >= 11 is 5.50. The summed E-state index contributed by atoms with van der Waals surface area (Å²) in [6, 6.07) is 3.15. The first-order chi connectivity index (χ1) is 4.74. The number of methoxy groups -OCH3 is 1. The van der Waals surface area contributed by atoms with Crippen LogP contribution in [0.4, 0.5) is 0 Å². The minimum atomic E-state index is -0.410. The van der Waals surface area contributed by atoms with Crippen molar-refractivity contribution >= 4 is 17.6 Å². The van der Waals surface area contributed by atoms with E-state index in [1.165, 1.54) is 7.11 Å². The molecule has 0 aliphatic carbocycles. The lowest BCUT2D eigenvalue weighted by atomic mass is 10.4. The normalized spacial score (nSPS) is 9.40. The minimum Gasteiger partial charge on any atom is -0.464 e. The maximum atomic E-state index is 10.7. The lowest BCUT2D eigenvalue weighted by molar-refractivity contribution is 0.0595. The Morgan fingerprint density at radius 1 is 1.70 bits per heavy atom. The highest BCUT2D eigenvalue weighted by atomic mass is 35.5. The van der Waals surface area contributed by atoms with Crippen LogP contribution in [0.3, 0.4) is 0 Å². The predicted octanol–water partition coefficient (Wildman–Crippen LogP) is 1.45. The first kappa shape index (κ1) is 7.15. The molecule has 0 bridgehead atoms. The molecule has 0 amide bonds. The Labute approximate surface area is 62.9 Å². The predicted molar refractivity (Wildman–Crippen MR) is 37.1 cm³/mol. The summed E-state index contributed by atoms with van der Waals surface area (Å²) in [5.74, 6) is -0.410. The molecule has 0 saturated carbocycles. The van der Waals surface area contributed by atoms with Crippen molar-refractivity contribution in [2.45, 2.75) is 0 Å². The second kappa shape index (κ2) is 2.75. The van der Waals surface area contributed by atoms with Gasteiger partial charge in [-0.1, -0.05) is 11.6 Å². The van der Waals surface area contributed by atoms with Crippen LogP contribution in [0.15, 0.2) is 12.1 Å². The van der Waals surface area contributed by atoms with Crippen LogP contribution in [0.5, 0.6) is 0 Å². The zero-order chi connectivity index (χ0) is 7.56. The van der Waals surface area contributed by atoms with Gasteiger partial charge in [0.2, 0.25) is 0 Å². The summed E-state index contributed by atoms with van der Waals surface area (Å²) in [4.78, 5) is 13.3. The van der Waals surface area contributed by atoms with Crippen LogP contribution in [-0.2, 0) is 4.74 Å². The molecule has 0 aliphatic rings. The van der Waals surface area contributed by atoms with E-state index in [-0.39, 0.29) is 0 Å². The maximum absolute atomic E-state index is 10.7. The number of halogens is 1. The van der Waals surface area contributed by atoms with Gasteiger partial charge in [-0.3, -0.25) is 0 Å². The maximum Gasteiger partial charge on any atom is 0.354 e. The molecule has 0 fully saturated rings. The molecule has 0 spiro atoms. The first-order valence-electron chi connectivity index (χ1n) is 2.67. The van der Waals surface area contributed by atoms with Gasteiger partial charge < -0.3 is 9.72 Å². The van der Waals surface area contributed by atoms with Gasteiger partial charge in [-0.2, -0.15) is 0 Å². The Kier molecular flexibility index (Phi) is 1.97. The monoisotopic (exact) mass is 159 g/mol. The Morgan fingerprint density at radius 3 is 2.80 bits per heavy atom. The number of hydrogen-bond acceptors (Lipinski definition) is 2. The van der Waals surface area contributed by atoms with Crippen molar-refractivity contribution < 1.29 is 9.53 Å². The van der Waals surface area contributed by atoms with Gasteiger partial charge in [0, 0.05) is 0 Å². The molecular weight excluding hydrogens is 154 g/mol. The largest absolute Gasteiger partial charge is 0.464 e. The van der Waals surface area contributed by atoms with Crippen molar-refractivity contribution in [1.82, 2.24) is 4.98 Å². The van der Waals surface area contributed by atoms with E-state index in [2.05, 4.69) is 9.72 Å². The Hall–Kier alpha value is -0.960. The van der Waals surface area contributed by atoms with Crippen molar-refractivity contribution in [3.8, 4) is 0 Å². The molecule has 54 valence electrons. The fraction of sp³-hybridized carbons (Fsp3) is 0.167. The number of esters is 1. The van der Waals surface area contributed by atoms with E-state index >= 15 is 0 Å². The number of carbonyl (C=O) groups is 1. The quantitative estimate of drug-likeness (QED) is 0.631. The third-order valence-corrected chi connectivity index (χ3v) is 1.28. The van der Waals surface area contributed by atoms with Crippen molar-refractivity contribution in [1.29, 1.82) is 0 Å². The van der Waals surface area contributed by atoms with Crippen molar-refractivity contribution in [3.63, 3.8) is 0 Å². The fourth-order valence-electron chi connectivity index (χ4n) is 0.598. The molecule has 0 saturated heterocycles. The zero-order valence-electron chi connectivity index (χ0n) is 5.35. The Morgan fingerprint density at radius 2 is 2.40 bits per heavy atom. The number of aromatic nitrogens is 1. The standard InChI is InChI=1S/C6H6ClNO2/c1-10-6(9)4-2-3-5(7)8-4/h2-3,8H,1H3. The summed E-state index contributed by atoms with van der Waals surface area (Å²) in [5.41, 5.74) is 0.368. The topological polar surface area (TPSA) is 42.1 Å². The molecule has 0 atom stereocenters. The highest BCUT2D eigenvalue weighted by molar-refractivity contribution is 6.29. The van der Waals surface area contributed by atoms with Crippen LogP contribution in [0.1, 0.15) is 10.5 Å². The van der Waals surface area contributed by atoms with Gasteiger partial charge in [0.15, 0.2) is 0 Å². The number of hydrogen-bond donors (Lipinski definition) is 1. The third kappa shape index (κ3) is 1.30. The summed E-state index contributed by atoms with van der Waals surface area (Å²) in [5, 5.41) is 0.431. The number of rotatable bonds is 1. The van der Waals surface area contributed by atoms with Crippen LogP contribution >= 0.6 is 11.6 Å². The zero-order valence-corrected chi connectivity index (χ0v) is 6.11. The molecular formula is C6H6ClNO2. The van der Waals surface area contributed by atoms with E-state index in [0.29, 0.717) is 10.8 Å². The molecule has 0 unspecified atom stereocenters. The van der Waals surface area contributed by atoms with Crippen LogP contribution in [0.25, 0.3) is 0 Å². The molecule has 3 nitrogen and oxygen atoms in total. The van der Waals surface area contributed by atoms with Crippen LogP contribution < -0.4 is 0 Å². The van der Waals surface area contributed by atoms with Crippen molar-refractivity contribution in [3.05, 3.63) is 23.0 Å². The highest BCUT2D eigenvalue weighted by Crippen LogP contribution is 2.07. The average Bonchev–Trinajstić information content (AvgIpc) is 2.34. The molecule has 0 aliphatic heterocycles. The van der Waals surface area contributed by atoms with E-state index in [9.17, 15) is 4.79 Å². The SMILES string of the molecule is COC(=O)c1ccc(Cl)[nH]1. The number of nitrogens with one attached hydrogen (secondary N) is 1. The Bertz CT molecular complexity index is 244. The molecule has 1 aromatic rings. The van der Waals surface area contributed by atoms with Crippen LogP contribution in [0, 0.1) is 0 Å². The molecule has 1 rings (SSSR count). The molecule has 0 radical (unpaired) electrons. The van der Waals surface area contributed by atoms with E-state index in [4.69, 9.17) is 11.6 Å². The van der Waals surface area contributed by atoms with E-state index in [1.807, 2.05) is 0 Å². The summed E-state index contributed by atoms with van der Waals surface area (Å²) in [6.45, 7) is 0. The molecule has 1 aromatic heterocycles. The summed E-state index contributed by atoms with van der Waals surface area (Å²) in [6.07, 6.45) is 0. The molecule has 1 N–H and O–H groups in total. The molecule has 4 heteroatoms. The van der Waals surface area contributed by atoms with Gasteiger partial charge in [-0.25, -0.2) is 4.79 Å². The van der Waals surface area contributed by atoms with Gasteiger partial charge in [0.05, 0.1) is 7.11 Å². The fourth-order valence-corrected chi connectivity index (χ4v) is 0.762. The first-order valence-corrected chi connectivity index (χ1v) is 3.04. The number of ether oxygens (including phenoxy) is 1. The van der Waals surface area contributed by atoms with E-state index < -0.39 is 5.97 Å². The molecule has 0 aromatic carbocycles. The van der Waals surface area contributed by atoms with Gasteiger partial charge in [0.25, 0.3) is 0 Å². The lowest BCUT2D eigenvalue weighted by Gasteiger charge is -1.91. The number of carbonyl (C=O) groups excluding carboxylic acids is 1. The summed E-state index contributed by atoms with van der Waals surface area (Å²) in [7, 11) is 1.32. The second-order valence-electron chi connectivity index (χ2n) is 1.71. The van der Waals surface area contributed by atoms with E-state index in [0.717, 1.165) is 0 Å². The number of aromatic amines is 1. The molecule has 1 heterocycles. The van der Waals surface area contributed by atoms with Crippen LogP contribution in [0.2, 0.25) is 5.15 Å². The highest BCUT2D eigenvalue weighted by Gasteiger charge is 2.05. The average molecular weight is 160 g/mol. The van der Waals surface area contributed by atoms with Crippen LogP contribution in [-0.4, -0.2) is 18.1 Å². The van der Waals surface area contributed by atoms with E-state index in [1.54, 1.807) is 12.1 Å². The van der Waals surface area contributed by atoms with Gasteiger partial charge in [-0.15, -0.1) is 0 Å². The number of H-pyrrole nitrogens is 1. The molecule has 10 heavy (non-hydrogen) atoms. The van der Waals surface area contributed by atoms with Crippen molar-refractivity contribution in [2.75, 3.05) is 7.11 Å². The third-order valence-electron chi connectivity index (χ3n) is 1.06. The second-order valence-corrected chi connectivity index (χ2v) is 2.12.